The monoisotopic (exact) mass is 708 g/mol. The molecule has 0 bridgehead atoms. The van der Waals surface area contributed by atoms with E-state index in [1.165, 1.54) is 12.1 Å². The molecule has 0 spiro atoms. The van der Waals surface area contributed by atoms with Crippen molar-refractivity contribution in [2.45, 2.75) is 55.9 Å². The first-order valence-corrected chi connectivity index (χ1v) is 16.6. The van der Waals surface area contributed by atoms with E-state index < -0.39 is 47.7 Å². The number of fused-ring (bicyclic) bond motifs is 3. The minimum Gasteiger partial charge on any atom is -0.465 e. The molecule has 6 nitrogen and oxygen atoms in total. The fourth-order valence-electron chi connectivity index (χ4n) is 7.22. The van der Waals surface area contributed by atoms with E-state index in [1.54, 1.807) is 60.7 Å². The van der Waals surface area contributed by atoms with Crippen LogP contribution in [0.2, 0.25) is 0 Å². The second-order valence-electron chi connectivity index (χ2n) is 12.9. The Labute approximate surface area is 290 Å². The molecule has 266 valence electrons. The maximum atomic E-state index is 13.7. The molecule has 1 fully saturated rings. The van der Waals surface area contributed by atoms with Crippen LogP contribution in [0.25, 0.3) is 22.3 Å². The lowest BCUT2D eigenvalue weighted by Crippen LogP contribution is -2.47. The van der Waals surface area contributed by atoms with E-state index in [1.807, 2.05) is 12.1 Å². The number of hydrogen-bond acceptors (Lipinski definition) is 4. The molecule has 0 aromatic heterocycles. The van der Waals surface area contributed by atoms with Crippen LogP contribution in [-0.2, 0) is 25.9 Å². The van der Waals surface area contributed by atoms with Crippen LogP contribution in [-0.4, -0.2) is 43.2 Å². The predicted molar refractivity (Wildman–Crippen MR) is 177 cm³/mol. The molecule has 0 aliphatic heterocycles. The van der Waals surface area contributed by atoms with Crippen LogP contribution >= 0.6 is 0 Å². The minimum absolute atomic E-state index is 0.0692. The fourth-order valence-corrected chi connectivity index (χ4v) is 7.22. The van der Waals surface area contributed by atoms with E-state index in [4.69, 9.17) is 4.74 Å². The molecule has 51 heavy (non-hydrogen) atoms. The average Bonchev–Trinajstić information content (AvgIpc) is 3.40. The highest BCUT2D eigenvalue weighted by atomic mass is 19.4. The quantitative estimate of drug-likeness (QED) is 0.136. The Morgan fingerprint density at radius 3 is 1.82 bits per heavy atom. The predicted octanol–water partition coefficient (Wildman–Crippen LogP) is 8.24. The molecule has 4 aromatic carbocycles. The van der Waals surface area contributed by atoms with Gasteiger partial charge in [0, 0.05) is 18.0 Å². The maximum absolute atomic E-state index is 13.7. The van der Waals surface area contributed by atoms with Gasteiger partial charge in [0.25, 0.3) is 5.91 Å². The number of rotatable bonds is 9. The summed E-state index contributed by atoms with van der Waals surface area (Å²) in [6.07, 6.45) is -7.40. The van der Waals surface area contributed by atoms with Crippen molar-refractivity contribution in [2.24, 2.45) is 5.92 Å². The Morgan fingerprint density at radius 1 is 0.706 bits per heavy atom. The molecule has 0 heterocycles. The molecule has 2 aliphatic carbocycles. The zero-order valence-electron chi connectivity index (χ0n) is 27.2. The number of benzene rings is 4. The Hall–Kier alpha value is -5.13. The highest BCUT2D eigenvalue weighted by molar-refractivity contribution is 6.01. The highest BCUT2D eigenvalue weighted by Gasteiger charge is 2.49. The molecule has 2 amide bonds. The first-order chi connectivity index (χ1) is 24.3. The molecule has 12 heteroatoms. The first kappa shape index (κ1) is 35.7. The number of ether oxygens (including phenoxy) is 1. The lowest BCUT2D eigenvalue weighted by atomic mass is 9.74. The molecular formula is C39H34F6N2O4. The summed E-state index contributed by atoms with van der Waals surface area (Å²) in [5.41, 5.74) is 1.49. The molecule has 0 atom stereocenters. The van der Waals surface area contributed by atoms with Crippen LogP contribution in [0.1, 0.15) is 59.2 Å². The molecule has 0 radical (unpaired) electrons. The normalized spacial score (nSPS) is 17.9. The Kier molecular flexibility index (Phi) is 9.97. The topological polar surface area (TPSA) is 84.5 Å². The molecule has 0 unspecified atom stereocenters. The number of halogens is 6. The Bertz CT molecular complexity index is 1870. The lowest BCUT2D eigenvalue weighted by Gasteiger charge is -2.31. The third-order valence-electron chi connectivity index (χ3n) is 9.71. The van der Waals surface area contributed by atoms with Crippen LogP contribution in [0.5, 0.6) is 0 Å². The van der Waals surface area contributed by atoms with Gasteiger partial charge in [0.2, 0.25) is 5.91 Å². The second kappa shape index (κ2) is 14.2. The van der Waals surface area contributed by atoms with Gasteiger partial charge in [-0.2, -0.15) is 26.3 Å². The van der Waals surface area contributed by atoms with Gasteiger partial charge in [-0.3, -0.25) is 14.4 Å². The number of carbonyl (C=O) groups excluding carboxylic acids is 3. The van der Waals surface area contributed by atoms with Gasteiger partial charge in [-0.15, -0.1) is 0 Å². The van der Waals surface area contributed by atoms with Crippen LogP contribution in [0, 0.1) is 5.92 Å². The number of esters is 1. The third kappa shape index (κ3) is 7.50. The summed E-state index contributed by atoms with van der Waals surface area (Å²) < 4.78 is 84.3. The molecule has 1 saturated carbocycles. The van der Waals surface area contributed by atoms with Gasteiger partial charge >= 0.3 is 18.3 Å². The molecular weight excluding hydrogens is 674 g/mol. The fraction of sp³-hybridized carbons (Fsp3) is 0.308. The van der Waals surface area contributed by atoms with Gasteiger partial charge in [-0.25, -0.2) is 0 Å². The summed E-state index contributed by atoms with van der Waals surface area (Å²) >= 11 is 0. The largest absolute Gasteiger partial charge is 0.465 e. The molecule has 2 aliphatic rings. The van der Waals surface area contributed by atoms with Gasteiger partial charge in [-0.05, 0) is 77.3 Å². The van der Waals surface area contributed by atoms with Crippen LogP contribution in [0.15, 0.2) is 97.1 Å². The SMILES string of the molecule is O=C(N[C@H]1CC[C@H](C(=O)OCCC2(C(=O)NCC(F)(F)F)c3ccccc3-c3ccccc32)CC1)c1ccccc1-c1ccc(C(F)(F)F)cc1. The summed E-state index contributed by atoms with van der Waals surface area (Å²) in [6, 6.07) is 25.0. The lowest BCUT2D eigenvalue weighted by molar-refractivity contribution is -0.151. The van der Waals surface area contributed by atoms with E-state index in [9.17, 15) is 40.7 Å². The summed E-state index contributed by atoms with van der Waals surface area (Å²) in [7, 11) is 0. The second-order valence-corrected chi connectivity index (χ2v) is 12.9. The zero-order chi connectivity index (χ0) is 36.4. The van der Waals surface area contributed by atoms with Gasteiger partial charge < -0.3 is 15.4 Å². The number of amides is 2. The average molecular weight is 709 g/mol. The van der Waals surface area contributed by atoms with Gasteiger partial charge in [0.1, 0.15) is 12.0 Å². The highest BCUT2D eigenvalue weighted by Crippen LogP contribution is 2.51. The van der Waals surface area contributed by atoms with Crippen molar-refractivity contribution in [3.05, 3.63) is 119 Å². The Balaban J connectivity index is 1.08. The summed E-state index contributed by atoms with van der Waals surface area (Å²) in [5, 5.41) is 5.05. The maximum Gasteiger partial charge on any atom is 0.416 e. The van der Waals surface area contributed by atoms with Crippen molar-refractivity contribution >= 4 is 17.8 Å². The van der Waals surface area contributed by atoms with E-state index in [0.717, 1.165) is 23.3 Å². The number of carbonyl (C=O) groups is 3. The van der Waals surface area contributed by atoms with Crippen molar-refractivity contribution in [1.29, 1.82) is 0 Å². The van der Waals surface area contributed by atoms with Crippen LogP contribution < -0.4 is 10.6 Å². The van der Waals surface area contributed by atoms with Crippen molar-refractivity contribution in [3.63, 3.8) is 0 Å². The van der Waals surface area contributed by atoms with Gasteiger partial charge in [0.05, 0.1) is 18.1 Å². The number of nitrogens with one attached hydrogen (secondary N) is 2. The van der Waals surface area contributed by atoms with E-state index in [0.29, 0.717) is 53.5 Å². The van der Waals surface area contributed by atoms with Crippen molar-refractivity contribution in [2.75, 3.05) is 13.2 Å². The van der Waals surface area contributed by atoms with Crippen molar-refractivity contribution < 1.29 is 45.5 Å². The van der Waals surface area contributed by atoms with Gasteiger partial charge in [-0.1, -0.05) is 78.9 Å². The van der Waals surface area contributed by atoms with E-state index in [-0.39, 0.29) is 25.0 Å². The molecule has 2 N–H and O–H groups in total. The third-order valence-corrected chi connectivity index (χ3v) is 9.71. The van der Waals surface area contributed by atoms with E-state index in [2.05, 4.69) is 10.6 Å². The molecule has 4 aromatic rings. The smallest absolute Gasteiger partial charge is 0.416 e. The summed E-state index contributed by atoms with van der Waals surface area (Å²) in [6.45, 7) is -1.71. The van der Waals surface area contributed by atoms with Gasteiger partial charge in [0.15, 0.2) is 0 Å². The summed E-state index contributed by atoms with van der Waals surface area (Å²) in [5.74, 6) is -2.18. The summed E-state index contributed by atoms with van der Waals surface area (Å²) in [4.78, 5) is 40.2. The standard InChI is InChI=1S/C39H34F6N2O4/c40-38(41,42)23-46-36(50)37(32-11-5-3-8-29(32)30-9-4-6-12-33(30)37)21-22-51-35(49)25-15-19-27(20-16-25)47-34(48)31-10-2-1-7-28(31)24-13-17-26(18-14-24)39(43,44)45/h1-14,17-18,25,27H,15-16,19-23H2,(H,46,50)(H,47,48)/t25-,27-. The van der Waals surface area contributed by atoms with E-state index >= 15 is 0 Å². The number of alkyl halides is 6. The Morgan fingerprint density at radius 2 is 1.25 bits per heavy atom. The van der Waals surface area contributed by atoms with Crippen LogP contribution in [0.3, 0.4) is 0 Å². The molecule has 0 saturated heterocycles. The zero-order valence-corrected chi connectivity index (χ0v) is 27.2. The van der Waals surface area contributed by atoms with Crippen molar-refractivity contribution in [3.8, 4) is 22.3 Å². The van der Waals surface area contributed by atoms with Crippen molar-refractivity contribution in [1.82, 2.24) is 10.6 Å². The van der Waals surface area contributed by atoms with Crippen LogP contribution in [0.4, 0.5) is 26.3 Å². The first-order valence-electron chi connectivity index (χ1n) is 16.6. The number of hydrogen-bond donors (Lipinski definition) is 2. The molecule has 6 rings (SSSR count). The minimum atomic E-state index is -4.62.